The Hall–Kier alpha value is -2.75. The Balaban J connectivity index is 2.16. The Morgan fingerprint density at radius 1 is 1.43 bits per heavy atom. The highest BCUT2D eigenvalue weighted by Crippen LogP contribution is 2.22. The van der Waals surface area contributed by atoms with E-state index in [9.17, 15) is 4.79 Å². The average Bonchev–Trinajstić information content (AvgIpc) is 3.02. The molecule has 0 aliphatic carbocycles. The summed E-state index contributed by atoms with van der Waals surface area (Å²) in [5.41, 5.74) is 1.49. The van der Waals surface area contributed by atoms with Crippen LogP contribution in [0.2, 0.25) is 0 Å². The Labute approximate surface area is 122 Å². The van der Waals surface area contributed by atoms with Gasteiger partial charge in [0.1, 0.15) is 0 Å². The molecule has 2 rings (SSSR count). The third-order valence-electron chi connectivity index (χ3n) is 3.00. The van der Waals surface area contributed by atoms with Crippen molar-refractivity contribution in [1.29, 1.82) is 5.26 Å². The van der Waals surface area contributed by atoms with E-state index in [2.05, 4.69) is 21.5 Å². The number of rotatable bonds is 6. The summed E-state index contributed by atoms with van der Waals surface area (Å²) >= 11 is 0. The summed E-state index contributed by atoms with van der Waals surface area (Å²) in [5.74, 6) is -0.253. The fraction of sp³-hybridized carbons (Fsp3) is 0.357. The minimum absolute atomic E-state index is 0.218. The Bertz CT molecular complexity index is 616. The van der Waals surface area contributed by atoms with Crippen LogP contribution in [-0.4, -0.2) is 32.8 Å². The summed E-state index contributed by atoms with van der Waals surface area (Å²) in [6.07, 6.45) is 2.11. The monoisotopic (exact) mass is 285 g/mol. The molecular formula is C14H15N5O2. The predicted octanol–water partition coefficient (Wildman–Crippen LogP) is 1.48. The molecule has 108 valence electrons. The van der Waals surface area contributed by atoms with Crippen molar-refractivity contribution in [2.24, 2.45) is 0 Å². The van der Waals surface area contributed by atoms with Gasteiger partial charge < -0.3 is 4.74 Å². The van der Waals surface area contributed by atoms with E-state index in [4.69, 9.17) is 10.00 Å². The average molecular weight is 285 g/mol. The van der Waals surface area contributed by atoms with Gasteiger partial charge in [0.25, 0.3) is 0 Å². The van der Waals surface area contributed by atoms with Gasteiger partial charge in [-0.1, -0.05) is 12.1 Å². The summed E-state index contributed by atoms with van der Waals surface area (Å²) in [4.78, 5) is 13.0. The fourth-order valence-electron chi connectivity index (χ4n) is 2.00. The summed E-state index contributed by atoms with van der Waals surface area (Å²) in [5, 5.41) is 20.5. The Morgan fingerprint density at radius 2 is 2.19 bits per heavy atom. The summed E-state index contributed by atoms with van der Waals surface area (Å²) in [7, 11) is 0. The first-order valence-corrected chi connectivity index (χ1v) is 6.62. The van der Waals surface area contributed by atoms with Crippen molar-refractivity contribution in [3.63, 3.8) is 0 Å². The second kappa shape index (κ2) is 7.14. The van der Waals surface area contributed by atoms with Crippen molar-refractivity contribution >= 4 is 5.97 Å². The van der Waals surface area contributed by atoms with Crippen molar-refractivity contribution < 1.29 is 9.53 Å². The molecule has 0 radical (unpaired) electrons. The first-order valence-electron chi connectivity index (χ1n) is 6.62. The molecule has 1 heterocycles. The van der Waals surface area contributed by atoms with Gasteiger partial charge in [0, 0.05) is 6.42 Å². The molecule has 0 spiro atoms. The number of nitriles is 1. The maximum atomic E-state index is 11.5. The van der Waals surface area contributed by atoms with Crippen LogP contribution in [0.5, 0.6) is 0 Å². The van der Waals surface area contributed by atoms with Crippen molar-refractivity contribution in [3.05, 3.63) is 41.7 Å². The molecule has 7 nitrogen and oxygen atoms in total. The molecule has 0 saturated heterocycles. The first kappa shape index (κ1) is 14.7. The molecule has 0 bridgehead atoms. The molecular weight excluding hydrogens is 270 g/mol. The maximum absolute atomic E-state index is 11.5. The topological polar surface area (TPSA) is 93.7 Å². The van der Waals surface area contributed by atoms with E-state index in [-0.39, 0.29) is 18.4 Å². The zero-order chi connectivity index (χ0) is 15.1. The van der Waals surface area contributed by atoms with Crippen molar-refractivity contribution in [2.75, 3.05) is 6.61 Å². The van der Waals surface area contributed by atoms with E-state index in [1.165, 1.54) is 11.1 Å². The summed E-state index contributed by atoms with van der Waals surface area (Å²) in [6.45, 7) is 2.14. The molecule has 0 saturated carbocycles. The zero-order valence-corrected chi connectivity index (χ0v) is 11.6. The van der Waals surface area contributed by atoms with Gasteiger partial charge in [0.2, 0.25) is 0 Å². The van der Waals surface area contributed by atoms with Gasteiger partial charge in [-0.05, 0) is 36.3 Å². The van der Waals surface area contributed by atoms with Crippen LogP contribution >= 0.6 is 0 Å². The van der Waals surface area contributed by atoms with Crippen LogP contribution in [0.25, 0.3) is 0 Å². The lowest BCUT2D eigenvalue weighted by molar-refractivity contribution is -0.143. The number of carbonyl (C=O) groups is 1. The van der Waals surface area contributed by atoms with E-state index >= 15 is 0 Å². The zero-order valence-electron chi connectivity index (χ0n) is 11.6. The maximum Gasteiger partial charge on any atom is 0.305 e. The van der Waals surface area contributed by atoms with E-state index in [0.717, 1.165) is 5.56 Å². The number of tetrazole rings is 1. The number of hydrogen-bond acceptors (Lipinski definition) is 6. The van der Waals surface area contributed by atoms with Gasteiger partial charge in [0.15, 0.2) is 6.33 Å². The fourth-order valence-corrected chi connectivity index (χ4v) is 2.00. The molecule has 1 aromatic carbocycles. The predicted molar refractivity (Wildman–Crippen MR) is 73.0 cm³/mol. The van der Waals surface area contributed by atoms with Crippen molar-refractivity contribution in [3.8, 4) is 6.07 Å². The molecule has 21 heavy (non-hydrogen) atoms. The number of aromatic nitrogens is 4. The molecule has 1 atom stereocenters. The number of benzene rings is 1. The van der Waals surface area contributed by atoms with Crippen LogP contribution in [0.3, 0.4) is 0 Å². The molecule has 1 unspecified atom stereocenters. The number of ether oxygens (including phenoxy) is 1. The third-order valence-corrected chi connectivity index (χ3v) is 3.00. The molecule has 0 fully saturated rings. The highest BCUT2D eigenvalue weighted by Gasteiger charge is 2.18. The molecule has 0 aliphatic heterocycles. The molecule has 7 heteroatoms. The summed E-state index contributed by atoms with van der Waals surface area (Å²) in [6, 6.07) is 8.97. The minimum Gasteiger partial charge on any atom is -0.466 e. The van der Waals surface area contributed by atoms with Gasteiger partial charge in [-0.2, -0.15) is 10.1 Å². The van der Waals surface area contributed by atoms with Gasteiger partial charge in [-0.3, -0.25) is 4.79 Å². The van der Waals surface area contributed by atoms with E-state index in [0.29, 0.717) is 18.6 Å². The normalized spacial score (nSPS) is 11.6. The van der Waals surface area contributed by atoms with E-state index in [1.54, 1.807) is 19.1 Å². The third kappa shape index (κ3) is 3.86. The second-order valence-corrected chi connectivity index (χ2v) is 4.35. The molecule has 0 aliphatic rings. The number of hydrogen-bond donors (Lipinski definition) is 0. The number of esters is 1. The quantitative estimate of drug-likeness (QED) is 0.746. The number of carbonyl (C=O) groups excluding carboxylic acids is 1. The molecule has 1 aromatic heterocycles. The second-order valence-electron chi connectivity index (χ2n) is 4.35. The largest absolute Gasteiger partial charge is 0.466 e. The molecule has 2 aromatic rings. The first-order chi connectivity index (χ1) is 10.2. The SMILES string of the molecule is CCOC(=O)CCC(c1ccc(C#N)cc1)n1ncnn1. The van der Waals surface area contributed by atoms with Crippen LogP contribution in [0.15, 0.2) is 30.6 Å². The lowest BCUT2D eigenvalue weighted by Crippen LogP contribution is -2.16. The lowest BCUT2D eigenvalue weighted by atomic mass is 10.0. The highest BCUT2D eigenvalue weighted by atomic mass is 16.5. The van der Waals surface area contributed by atoms with E-state index in [1.807, 2.05) is 12.1 Å². The molecule has 0 amide bonds. The smallest absolute Gasteiger partial charge is 0.305 e. The van der Waals surface area contributed by atoms with Crippen LogP contribution in [0.4, 0.5) is 0 Å². The van der Waals surface area contributed by atoms with Crippen LogP contribution in [0, 0.1) is 11.3 Å². The summed E-state index contributed by atoms with van der Waals surface area (Å²) < 4.78 is 4.93. The van der Waals surface area contributed by atoms with Gasteiger partial charge in [-0.15, -0.1) is 10.2 Å². The van der Waals surface area contributed by atoms with Crippen molar-refractivity contribution in [1.82, 2.24) is 20.2 Å². The van der Waals surface area contributed by atoms with Gasteiger partial charge in [0.05, 0.1) is 24.3 Å². The standard InChI is InChI=1S/C14H15N5O2/c1-2-21-14(20)8-7-13(19-17-10-16-18-19)12-5-3-11(9-15)4-6-12/h3-6,10,13H,2,7-8H2,1H3. The lowest BCUT2D eigenvalue weighted by Gasteiger charge is -2.15. The van der Waals surface area contributed by atoms with Crippen LogP contribution in [-0.2, 0) is 9.53 Å². The van der Waals surface area contributed by atoms with Crippen LogP contribution < -0.4 is 0 Å². The Kier molecular flexibility index (Phi) is 4.99. The van der Waals surface area contributed by atoms with Gasteiger partial charge >= 0.3 is 5.97 Å². The van der Waals surface area contributed by atoms with Crippen molar-refractivity contribution in [2.45, 2.75) is 25.8 Å². The number of nitrogens with zero attached hydrogens (tertiary/aromatic N) is 5. The van der Waals surface area contributed by atoms with Crippen LogP contribution in [0.1, 0.15) is 36.9 Å². The Morgan fingerprint density at radius 3 is 2.76 bits per heavy atom. The van der Waals surface area contributed by atoms with E-state index < -0.39 is 0 Å². The highest BCUT2D eigenvalue weighted by molar-refractivity contribution is 5.69. The molecule has 0 N–H and O–H groups in total. The minimum atomic E-state index is -0.253. The van der Waals surface area contributed by atoms with Gasteiger partial charge in [-0.25, -0.2) is 0 Å².